The number of nitrogens with one attached hydrogen (secondary N) is 2. The Morgan fingerprint density at radius 1 is 0.654 bits per heavy atom. The number of amides is 2. The summed E-state index contributed by atoms with van der Waals surface area (Å²) >= 11 is 0. The van der Waals surface area contributed by atoms with Crippen molar-refractivity contribution in [2.45, 2.75) is 51.4 Å². The lowest BCUT2D eigenvalue weighted by Crippen LogP contribution is -2.69. The molecule has 0 saturated carbocycles. The highest BCUT2D eigenvalue weighted by molar-refractivity contribution is 5.87. The van der Waals surface area contributed by atoms with Crippen LogP contribution < -0.4 is 10.6 Å². The number of carbonyl (C=O) groups excluding carboxylic acids is 2. The van der Waals surface area contributed by atoms with Gasteiger partial charge in [0.15, 0.2) is 0 Å². The van der Waals surface area contributed by atoms with Crippen LogP contribution in [0.4, 0.5) is 35.1 Å². The van der Waals surface area contributed by atoms with Crippen molar-refractivity contribution in [3.05, 3.63) is 0 Å². The van der Waals surface area contributed by atoms with Crippen LogP contribution >= 0.6 is 0 Å². The van der Waals surface area contributed by atoms with Gasteiger partial charge in [0.25, 0.3) is 11.8 Å². The van der Waals surface area contributed by atoms with Gasteiger partial charge in [0, 0.05) is 13.1 Å². The van der Waals surface area contributed by atoms with Crippen LogP contribution in [0.3, 0.4) is 0 Å². The van der Waals surface area contributed by atoms with Gasteiger partial charge in [0.2, 0.25) is 0 Å². The van der Waals surface area contributed by atoms with Crippen LogP contribution in [0.2, 0.25) is 0 Å². The maximum absolute atomic E-state index is 13.6. The number of alkyl halides is 8. The Labute approximate surface area is 144 Å². The molecular weight excluding hydrogens is 380 g/mol. The second-order valence-electron chi connectivity index (χ2n) is 6.51. The van der Waals surface area contributed by atoms with E-state index in [1.54, 1.807) is 0 Å². The molecule has 0 atom stereocenters. The fraction of sp³-hybridized carbons (Fsp3) is 0.857. The van der Waals surface area contributed by atoms with E-state index in [4.69, 9.17) is 0 Å². The van der Waals surface area contributed by atoms with E-state index in [0.717, 1.165) is 0 Å². The van der Waals surface area contributed by atoms with E-state index in [0.29, 0.717) is 0 Å². The van der Waals surface area contributed by atoms with Crippen molar-refractivity contribution >= 4 is 11.8 Å². The molecule has 0 aliphatic heterocycles. The molecule has 4 nitrogen and oxygen atoms in total. The minimum absolute atomic E-state index is 0.507. The summed E-state index contributed by atoms with van der Waals surface area (Å²) in [5, 5.41) is 2.55. The molecule has 0 radical (unpaired) electrons. The fourth-order valence-electron chi connectivity index (χ4n) is 1.50. The maximum atomic E-state index is 13.6. The molecule has 0 unspecified atom stereocenters. The average molecular weight is 400 g/mol. The quantitative estimate of drug-likeness (QED) is 0.585. The molecule has 0 saturated heterocycles. The molecule has 0 aromatic carbocycles. The highest BCUT2D eigenvalue weighted by Gasteiger charge is 2.84. The Morgan fingerprint density at radius 2 is 0.885 bits per heavy atom. The van der Waals surface area contributed by atoms with Gasteiger partial charge in [-0.15, -0.1) is 0 Å². The highest BCUT2D eigenvalue weighted by Crippen LogP contribution is 2.52. The molecule has 2 amide bonds. The van der Waals surface area contributed by atoms with Gasteiger partial charge in [-0.2, -0.15) is 35.1 Å². The molecule has 0 spiro atoms. The standard InChI is InChI=1S/C14H20F8N2O2/c1-7(2)5-23-9(25)11(15,16)13(19,20)14(21,22)12(17,18)10(26)24-6-8(3)4/h7-8H,5-6H2,1-4H3,(H,23,25)(H,24,26). The van der Waals surface area contributed by atoms with Gasteiger partial charge in [-0.1, -0.05) is 27.7 Å². The summed E-state index contributed by atoms with van der Waals surface area (Å²) in [4.78, 5) is 22.3. The van der Waals surface area contributed by atoms with Gasteiger partial charge in [0.05, 0.1) is 0 Å². The van der Waals surface area contributed by atoms with Crippen molar-refractivity contribution < 1.29 is 44.7 Å². The first-order valence-corrected chi connectivity index (χ1v) is 7.50. The monoisotopic (exact) mass is 400 g/mol. The summed E-state index contributed by atoms with van der Waals surface area (Å²) in [5.74, 6) is -32.8. The lowest BCUT2D eigenvalue weighted by molar-refractivity contribution is -0.347. The molecule has 0 aromatic heterocycles. The zero-order valence-corrected chi connectivity index (χ0v) is 14.4. The second kappa shape index (κ2) is 7.95. The van der Waals surface area contributed by atoms with E-state index < -0.39 is 60.4 Å². The van der Waals surface area contributed by atoms with Crippen LogP contribution in [0, 0.1) is 11.8 Å². The zero-order valence-electron chi connectivity index (χ0n) is 14.4. The largest absolute Gasteiger partial charge is 0.392 e. The smallest absolute Gasteiger partial charge is 0.350 e. The van der Waals surface area contributed by atoms with E-state index in [1.165, 1.54) is 38.3 Å². The van der Waals surface area contributed by atoms with Gasteiger partial charge in [-0.25, -0.2) is 0 Å². The van der Waals surface area contributed by atoms with Crippen molar-refractivity contribution in [3.8, 4) is 0 Å². The van der Waals surface area contributed by atoms with Gasteiger partial charge in [0.1, 0.15) is 0 Å². The predicted molar refractivity (Wildman–Crippen MR) is 75.5 cm³/mol. The van der Waals surface area contributed by atoms with Crippen LogP contribution in [-0.4, -0.2) is 48.6 Å². The molecule has 0 bridgehead atoms. The summed E-state index contributed by atoms with van der Waals surface area (Å²) in [6.45, 7) is 4.39. The van der Waals surface area contributed by atoms with Crippen molar-refractivity contribution in [2.24, 2.45) is 11.8 Å². The summed E-state index contributed by atoms with van der Waals surface area (Å²) in [6.07, 6.45) is 0. The minimum Gasteiger partial charge on any atom is -0.350 e. The predicted octanol–water partition coefficient (Wildman–Crippen LogP) is 3.07. The average Bonchev–Trinajstić information content (AvgIpc) is 2.48. The number of halogens is 8. The molecule has 0 rings (SSSR count). The fourth-order valence-corrected chi connectivity index (χ4v) is 1.50. The molecule has 0 fully saturated rings. The first-order chi connectivity index (χ1) is 11.4. The van der Waals surface area contributed by atoms with Crippen molar-refractivity contribution in [2.75, 3.05) is 13.1 Å². The lowest BCUT2D eigenvalue weighted by Gasteiger charge is -2.35. The van der Waals surface area contributed by atoms with Gasteiger partial charge in [-0.05, 0) is 11.8 Å². The van der Waals surface area contributed by atoms with Crippen LogP contribution in [0.1, 0.15) is 27.7 Å². The Bertz CT molecular complexity index is 475. The van der Waals surface area contributed by atoms with E-state index in [2.05, 4.69) is 0 Å². The summed E-state index contributed by atoms with van der Waals surface area (Å²) in [7, 11) is 0. The van der Waals surface area contributed by atoms with E-state index in [-0.39, 0.29) is 0 Å². The summed E-state index contributed by atoms with van der Waals surface area (Å²) < 4.78 is 109. The van der Waals surface area contributed by atoms with Crippen LogP contribution in [0.5, 0.6) is 0 Å². The van der Waals surface area contributed by atoms with Gasteiger partial charge < -0.3 is 10.6 Å². The van der Waals surface area contributed by atoms with Crippen LogP contribution in [0.15, 0.2) is 0 Å². The lowest BCUT2D eigenvalue weighted by atomic mass is 9.97. The number of hydrogen-bond donors (Lipinski definition) is 2. The van der Waals surface area contributed by atoms with Gasteiger partial charge in [-0.3, -0.25) is 9.59 Å². The molecule has 0 aliphatic rings. The molecule has 154 valence electrons. The summed E-state index contributed by atoms with van der Waals surface area (Å²) in [6, 6.07) is 0. The molecule has 0 aromatic rings. The third-order valence-corrected chi connectivity index (χ3v) is 3.10. The molecule has 0 aliphatic carbocycles. The zero-order chi connectivity index (χ0) is 21.1. The minimum atomic E-state index is -6.83. The second-order valence-corrected chi connectivity index (χ2v) is 6.51. The Morgan fingerprint density at radius 3 is 1.08 bits per heavy atom. The molecule has 0 heterocycles. The van der Waals surface area contributed by atoms with Crippen molar-refractivity contribution in [1.29, 1.82) is 0 Å². The Kier molecular flexibility index (Phi) is 7.45. The molecular formula is C14H20F8N2O2. The van der Waals surface area contributed by atoms with E-state index >= 15 is 0 Å². The third kappa shape index (κ3) is 4.56. The molecule has 26 heavy (non-hydrogen) atoms. The first-order valence-electron chi connectivity index (χ1n) is 7.50. The highest BCUT2D eigenvalue weighted by atomic mass is 19.4. The normalized spacial score (nSPS) is 13.9. The SMILES string of the molecule is CC(C)CNC(=O)C(F)(F)C(F)(F)C(F)(F)C(F)(F)C(=O)NCC(C)C. The Hall–Kier alpha value is -1.62. The Balaban J connectivity index is 5.69. The van der Waals surface area contributed by atoms with E-state index in [1.807, 2.05) is 0 Å². The van der Waals surface area contributed by atoms with Crippen molar-refractivity contribution in [3.63, 3.8) is 0 Å². The van der Waals surface area contributed by atoms with Gasteiger partial charge >= 0.3 is 23.7 Å². The third-order valence-electron chi connectivity index (χ3n) is 3.10. The number of hydrogen-bond acceptors (Lipinski definition) is 2. The van der Waals surface area contributed by atoms with E-state index in [9.17, 15) is 44.7 Å². The van der Waals surface area contributed by atoms with Crippen LogP contribution in [0.25, 0.3) is 0 Å². The molecule has 12 heteroatoms. The van der Waals surface area contributed by atoms with Crippen LogP contribution in [-0.2, 0) is 9.59 Å². The van der Waals surface area contributed by atoms with Crippen molar-refractivity contribution in [1.82, 2.24) is 10.6 Å². The number of rotatable bonds is 9. The topological polar surface area (TPSA) is 58.2 Å². The first kappa shape index (κ1) is 24.4. The maximum Gasteiger partial charge on any atom is 0.392 e. The number of carbonyl (C=O) groups is 2. The summed E-state index contributed by atoms with van der Waals surface area (Å²) in [5.41, 5.74) is 0. The molecule has 2 N–H and O–H groups in total.